The van der Waals surface area contributed by atoms with E-state index in [1.165, 1.54) is 0 Å². The van der Waals surface area contributed by atoms with E-state index in [4.69, 9.17) is 9.47 Å². The second-order valence-corrected chi connectivity index (χ2v) is 8.71. The monoisotopic (exact) mass is 539 g/mol. The van der Waals surface area contributed by atoms with Gasteiger partial charge in [0.05, 0.1) is 23.9 Å². The summed E-state index contributed by atoms with van der Waals surface area (Å²) in [5.41, 5.74) is -6.17. The molecular weight excluding hydrogens is 518 g/mol. The van der Waals surface area contributed by atoms with Crippen molar-refractivity contribution in [1.29, 1.82) is 0 Å². The predicted octanol–water partition coefficient (Wildman–Crippen LogP) is 6.27. The van der Waals surface area contributed by atoms with Crippen LogP contribution in [-0.4, -0.2) is 36.7 Å². The number of carbonyl (C=O) groups excluding carboxylic acids is 2. The predicted molar refractivity (Wildman–Crippen MR) is 114 cm³/mol. The van der Waals surface area contributed by atoms with Crippen molar-refractivity contribution < 1.29 is 54.2 Å². The van der Waals surface area contributed by atoms with Gasteiger partial charge in [-0.1, -0.05) is 19.1 Å². The van der Waals surface area contributed by atoms with E-state index in [2.05, 4.69) is 5.32 Å². The number of benzene rings is 2. The number of methoxy groups -OCH3 is 1. The van der Waals surface area contributed by atoms with E-state index in [1.54, 1.807) is 0 Å². The van der Waals surface area contributed by atoms with Crippen LogP contribution in [0.1, 0.15) is 48.2 Å². The number of amides is 1. The lowest BCUT2D eigenvalue weighted by atomic mass is 9.77. The fourth-order valence-corrected chi connectivity index (χ4v) is 4.52. The van der Waals surface area contributed by atoms with Gasteiger partial charge in [-0.05, 0) is 32.0 Å². The van der Waals surface area contributed by atoms with E-state index < -0.39 is 81.8 Å². The van der Waals surface area contributed by atoms with Crippen molar-refractivity contribution >= 4 is 17.4 Å². The van der Waals surface area contributed by atoms with Crippen molar-refractivity contribution in [2.45, 2.75) is 50.7 Å². The van der Waals surface area contributed by atoms with Gasteiger partial charge in [-0.15, -0.1) is 0 Å². The maximum atomic E-state index is 14.4. The summed E-state index contributed by atoms with van der Waals surface area (Å²) in [4.78, 5) is 25.3. The summed E-state index contributed by atoms with van der Waals surface area (Å²) in [7, 11) is 0.946. The average Bonchev–Trinajstić information content (AvgIpc) is 3.06. The standard InChI is InChI=1S/C24H21F8NO4/c1-10-16(12-8-9-14(25)18(26)19(12)36-4)20(37-22(10,3)24(30,31)32)21(35)33-15-7-5-6-13(23(27,28)29)17(15)11(2)34/h5-10,16,20H,1-4H3,(H,33,35)/t10-,16-,20+,22+/m0/s1. The van der Waals surface area contributed by atoms with Crippen LogP contribution in [0, 0.1) is 17.6 Å². The molecule has 2 aromatic rings. The minimum atomic E-state index is -5.04. The Labute approximate surface area is 205 Å². The zero-order valence-corrected chi connectivity index (χ0v) is 19.8. The first-order valence-corrected chi connectivity index (χ1v) is 10.7. The van der Waals surface area contributed by atoms with Crippen LogP contribution in [0.2, 0.25) is 0 Å². The van der Waals surface area contributed by atoms with E-state index in [9.17, 15) is 44.7 Å². The molecule has 0 unspecified atom stereocenters. The van der Waals surface area contributed by atoms with Crippen LogP contribution in [0.3, 0.4) is 0 Å². The summed E-state index contributed by atoms with van der Waals surface area (Å²) in [6.07, 6.45) is -12.1. The highest BCUT2D eigenvalue weighted by molar-refractivity contribution is 6.06. The number of carbonyl (C=O) groups is 2. The lowest BCUT2D eigenvalue weighted by Crippen LogP contribution is -2.47. The minimum absolute atomic E-state index is 0.321. The third-order valence-electron chi connectivity index (χ3n) is 6.55. The molecule has 1 fully saturated rings. The number of ether oxygens (including phenoxy) is 2. The molecule has 202 valence electrons. The van der Waals surface area contributed by atoms with Crippen molar-refractivity contribution in [3.63, 3.8) is 0 Å². The van der Waals surface area contributed by atoms with Gasteiger partial charge in [0, 0.05) is 17.4 Å². The van der Waals surface area contributed by atoms with Gasteiger partial charge in [0.2, 0.25) is 5.82 Å². The van der Waals surface area contributed by atoms with E-state index in [0.717, 1.165) is 39.2 Å². The highest BCUT2D eigenvalue weighted by atomic mass is 19.4. The van der Waals surface area contributed by atoms with E-state index >= 15 is 0 Å². The lowest BCUT2D eigenvalue weighted by molar-refractivity contribution is -0.272. The summed E-state index contributed by atoms with van der Waals surface area (Å²) in [6, 6.07) is 4.06. The second-order valence-electron chi connectivity index (χ2n) is 8.71. The van der Waals surface area contributed by atoms with Crippen LogP contribution in [0.5, 0.6) is 5.75 Å². The summed E-state index contributed by atoms with van der Waals surface area (Å²) in [6.45, 7) is 2.57. The molecule has 0 radical (unpaired) electrons. The number of halogens is 8. The minimum Gasteiger partial charge on any atom is -0.493 e. The van der Waals surface area contributed by atoms with E-state index in [1.807, 2.05) is 0 Å². The molecule has 13 heteroatoms. The quantitative estimate of drug-likeness (QED) is 0.359. The second kappa shape index (κ2) is 9.58. The average molecular weight is 539 g/mol. The Morgan fingerprint density at radius 2 is 1.68 bits per heavy atom. The number of ketones is 1. The number of rotatable bonds is 5. The molecule has 4 atom stereocenters. The largest absolute Gasteiger partial charge is 0.493 e. The molecule has 1 N–H and O–H groups in total. The summed E-state index contributed by atoms with van der Waals surface area (Å²) >= 11 is 0. The van der Waals surface area contributed by atoms with Crippen LogP contribution in [0.4, 0.5) is 40.8 Å². The van der Waals surface area contributed by atoms with Gasteiger partial charge in [-0.25, -0.2) is 4.39 Å². The van der Waals surface area contributed by atoms with Gasteiger partial charge in [0.25, 0.3) is 5.91 Å². The first-order valence-electron chi connectivity index (χ1n) is 10.7. The van der Waals surface area contributed by atoms with Crippen LogP contribution < -0.4 is 10.1 Å². The molecule has 3 rings (SSSR count). The Hall–Kier alpha value is -3.22. The molecular formula is C24H21F8NO4. The molecule has 1 aliphatic heterocycles. The topological polar surface area (TPSA) is 64.6 Å². The lowest BCUT2D eigenvalue weighted by Gasteiger charge is -2.32. The number of alkyl halides is 6. The van der Waals surface area contributed by atoms with Crippen molar-refractivity contribution in [1.82, 2.24) is 0 Å². The van der Waals surface area contributed by atoms with Crippen LogP contribution in [-0.2, 0) is 15.7 Å². The number of anilines is 1. The molecule has 0 saturated carbocycles. The van der Waals surface area contributed by atoms with Gasteiger partial charge in [0.1, 0.15) is 6.10 Å². The SMILES string of the molecule is COc1c([C@H]2[C@H](C(=O)Nc3cccc(C(F)(F)F)c3C(C)=O)O[C@@](C)(C(F)(F)F)[C@H]2C)ccc(F)c1F. The number of nitrogens with one attached hydrogen (secondary N) is 1. The van der Waals surface area contributed by atoms with E-state index in [0.29, 0.717) is 19.1 Å². The third kappa shape index (κ3) is 4.88. The summed E-state index contributed by atoms with van der Waals surface area (Å²) < 4.78 is 121. The fraction of sp³-hybridized carbons (Fsp3) is 0.417. The highest BCUT2D eigenvalue weighted by Gasteiger charge is 2.66. The number of hydrogen-bond donors (Lipinski definition) is 1. The Kier molecular flexibility index (Phi) is 7.34. The number of Topliss-reactive ketones (excluding diaryl/α,β-unsaturated/α-hetero) is 1. The van der Waals surface area contributed by atoms with Crippen molar-refractivity contribution in [3.05, 3.63) is 58.7 Å². The summed E-state index contributed by atoms with van der Waals surface area (Å²) in [5, 5.41) is 2.06. The zero-order chi connectivity index (χ0) is 28.1. The van der Waals surface area contributed by atoms with Crippen LogP contribution >= 0.6 is 0 Å². The first kappa shape index (κ1) is 28.4. The van der Waals surface area contributed by atoms with Crippen LogP contribution in [0.15, 0.2) is 30.3 Å². The van der Waals surface area contributed by atoms with Gasteiger partial charge in [-0.3, -0.25) is 9.59 Å². The van der Waals surface area contributed by atoms with Gasteiger partial charge >= 0.3 is 12.4 Å². The Balaban J connectivity index is 2.15. The zero-order valence-electron chi connectivity index (χ0n) is 19.8. The molecule has 2 aromatic carbocycles. The van der Waals surface area contributed by atoms with Crippen molar-refractivity contribution in [2.75, 3.05) is 12.4 Å². The van der Waals surface area contributed by atoms with Crippen molar-refractivity contribution in [3.8, 4) is 5.75 Å². The number of hydrogen-bond acceptors (Lipinski definition) is 4. The molecule has 1 amide bonds. The molecule has 1 saturated heterocycles. The Morgan fingerprint density at radius 1 is 1.05 bits per heavy atom. The first-order chi connectivity index (χ1) is 17.0. The van der Waals surface area contributed by atoms with Crippen LogP contribution in [0.25, 0.3) is 0 Å². The normalized spacial score (nSPS) is 24.2. The fourth-order valence-electron chi connectivity index (χ4n) is 4.52. The molecule has 0 aromatic heterocycles. The molecule has 1 aliphatic rings. The molecule has 0 aliphatic carbocycles. The smallest absolute Gasteiger partial charge is 0.417 e. The molecule has 37 heavy (non-hydrogen) atoms. The van der Waals surface area contributed by atoms with Gasteiger partial charge in [0.15, 0.2) is 23.0 Å². The van der Waals surface area contributed by atoms with Crippen molar-refractivity contribution in [2.24, 2.45) is 5.92 Å². The Morgan fingerprint density at radius 3 is 2.19 bits per heavy atom. The maximum absolute atomic E-state index is 14.4. The third-order valence-corrected chi connectivity index (χ3v) is 6.55. The van der Waals surface area contributed by atoms with Gasteiger partial charge in [-0.2, -0.15) is 30.7 Å². The highest BCUT2D eigenvalue weighted by Crippen LogP contribution is 2.55. The van der Waals surface area contributed by atoms with Gasteiger partial charge < -0.3 is 14.8 Å². The molecule has 5 nitrogen and oxygen atoms in total. The Bertz CT molecular complexity index is 1230. The van der Waals surface area contributed by atoms with E-state index in [-0.39, 0.29) is 5.56 Å². The summed E-state index contributed by atoms with van der Waals surface area (Å²) in [5.74, 6) is -9.18. The molecule has 1 heterocycles. The maximum Gasteiger partial charge on any atom is 0.417 e. The molecule has 0 bridgehead atoms. The molecule has 0 spiro atoms.